The number of halogens is 1. The number of carbonyl (C=O) groups excluding carboxylic acids is 6. The topological polar surface area (TPSA) is 352 Å². The monoisotopic (exact) mass is 1430 g/mol. The molecule has 0 radical (unpaired) electrons. The first-order valence-electron chi connectivity index (χ1n) is 33.3. The van der Waals surface area contributed by atoms with Gasteiger partial charge in [-0.1, -0.05) is 173 Å². The van der Waals surface area contributed by atoms with Gasteiger partial charge in [-0.15, -0.1) is 0 Å². The van der Waals surface area contributed by atoms with Crippen molar-refractivity contribution in [2.24, 2.45) is 15.5 Å². The van der Waals surface area contributed by atoms with Crippen molar-refractivity contribution in [3.05, 3.63) is 249 Å². The van der Waals surface area contributed by atoms with E-state index < -0.39 is 23.7 Å². The quantitative estimate of drug-likeness (QED) is 0.0200. The van der Waals surface area contributed by atoms with E-state index in [9.17, 15) is 59.4 Å². The van der Waals surface area contributed by atoms with E-state index in [0.717, 1.165) is 73.4 Å². The minimum Gasteiger partial charge on any atom is -0.508 e. The smallest absolute Gasteiger partial charge is 0.342 e. The minimum atomic E-state index is -0.769. The summed E-state index contributed by atoms with van der Waals surface area (Å²) in [4.78, 5) is 90.0. The Labute approximate surface area is 601 Å². The Morgan fingerprint density at radius 3 is 1.06 bits per heavy atom. The lowest BCUT2D eigenvalue weighted by atomic mass is 9.99. The van der Waals surface area contributed by atoms with Crippen molar-refractivity contribution in [2.75, 3.05) is 39.6 Å². The molecule has 0 spiro atoms. The third kappa shape index (κ3) is 28.3. The molecular weight excluding hydrogens is 1340 g/mol. The number of hydrogen-bond acceptors (Lipinski definition) is 21. The van der Waals surface area contributed by atoms with E-state index in [2.05, 4.69) is 31.4 Å². The lowest BCUT2D eigenvalue weighted by molar-refractivity contribution is -0.126. The fourth-order valence-electron chi connectivity index (χ4n) is 9.98. The molecule has 3 heterocycles. The summed E-state index contributed by atoms with van der Waals surface area (Å²) in [6, 6.07) is 34.4. The van der Waals surface area contributed by atoms with Crippen LogP contribution >= 0.6 is 11.6 Å². The van der Waals surface area contributed by atoms with Crippen LogP contribution in [0, 0.1) is 0 Å². The number of nitrogens with one attached hydrogen (secondary N) is 3. The van der Waals surface area contributed by atoms with Gasteiger partial charge < -0.3 is 75.3 Å². The average Bonchev–Trinajstić information content (AvgIpc) is 0.807. The zero-order valence-electron chi connectivity index (χ0n) is 56.6. The standard InChI is InChI=1S/C26H27ClN2O6.2C26H28N2O6/c27-25-20-14-19(29-35-17-23(32)28-16-18-10-6-5-7-11-18)12-8-3-1-2-4-9-13-34-26(33)24(20)21(30)15-22(25)31;2*29-22-15-20-14-21(28-34-18-24(31)27-17-19-10-6-5-7-11-19)12-8-3-1-2-4-9-13-33-26(32)25(20)23(30)16-22/h2,4-8,10-12,15,30-31H,1,3,9,13-14,16-17H2,(H,28,32);2*2,4-8,10-12,15-16,29-30H,1,3,9,13-14,17-18H2,(H,27,31)/b4-2+,12-8+,29-19+;4-2+,12-8+,28-21+;4-2+,12-8+,28-21-. The van der Waals surface area contributed by atoms with Gasteiger partial charge in [-0.25, -0.2) is 14.4 Å². The summed E-state index contributed by atoms with van der Waals surface area (Å²) < 4.78 is 15.8. The number of hydrogen-bond donors (Lipinski definition) is 9. The highest BCUT2D eigenvalue weighted by Gasteiger charge is 2.26. The molecule has 6 aromatic rings. The number of cyclic esters (lactones) is 3. The predicted molar refractivity (Wildman–Crippen MR) is 388 cm³/mol. The number of fused-ring (bicyclic) bond motifs is 3. The van der Waals surface area contributed by atoms with Crippen molar-refractivity contribution in [3.63, 3.8) is 0 Å². The van der Waals surface area contributed by atoms with E-state index in [4.69, 9.17) is 40.3 Å². The maximum Gasteiger partial charge on any atom is 0.342 e. The van der Waals surface area contributed by atoms with Crippen LogP contribution in [0.3, 0.4) is 0 Å². The van der Waals surface area contributed by atoms with Gasteiger partial charge in [-0.05, 0) is 122 Å². The summed E-state index contributed by atoms with van der Waals surface area (Å²) in [5, 5.41) is 81.3. The number of allylic oxidation sites excluding steroid dienone is 9. The molecule has 3 aliphatic heterocycles. The van der Waals surface area contributed by atoms with Crippen LogP contribution in [0.5, 0.6) is 34.5 Å². The Morgan fingerprint density at radius 2 is 0.699 bits per heavy atom. The van der Waals surface area contributed by atoms with Gasteiger partial charge in [-0.2, -0.15) is 0 Å². The molecule has 0 aliphatic carbocycles. The van der Waals surface area contributed by atoms with E-state index >= 15 is 0 Å². The molecule has 0 saturated heterocycles. The Balaban J connectivity index is 0.000000216. The molecule has 9 N–H and O–H groups in total. The van der Waals surface area contributed by atoms with Crippen LogP contribution in [-0.2, 0) is 82.0 Å². The van der Waals surface area contributed by atoms with Gasteiger partial charge in [0.05, 0.1) is 42.0 Å². The number of esters is 3. The summed E-state index contributed by atoms with van der Waals surface area (Å²) in [5.41, 5.74) is 4.61. The molecule has 0 aromatic heterocycles. The zero-order valence-corrected chi connectivity index (χ0v) is 57.4. The van der Waals surface area contributed by atoms with Gasteiger partial charge in [0.15, 0.2) is 19.8 Å². The fraction of sp³-hybridized carbons (Fsp3) is 0.269. The molecule has 0 bridgehead atoms. The maximum atomic E-state index is 12.7. The Kier molecular flexibility index (Phi) is 33.2. The number of aromatic hydroxyl groups is 6. The second-order valence-corrected chi connectivity index (χ2v) is 23.5. The molecule has 0 fully saturated rings. The van der Waals surface area contributed by atoms with E-state index in [1.54, 1.807) is 18.2 Å². The van der Waals surface area contributed by atoms with Crippen molar-refractivity contribution in [1.82, 2.24) is 16.0 Å². The normalized spacial score (nSPS) is 17.6. The summed E-state index contributed by atoms with van der Waals surface area (Å²) in [7, 11) is 0. The third-order valence-corrected chi connectivity index (χ3v) is 15.4. The average molecular weight is 1430 g/mol. The number of amides is 3. The molecule has 24 nitrogen and oxygen atoms in total. The van der Waals surface area contributed by atoms with Crippen LogP contribution in [0.2, 0.25) is 5.02 Å². The van der Waals surface area contributed by atoms with E-state index in [-0.39, 0.29) is 133 Å². The van der Waals surface area contributed by atoms with Crippen molar-refractivity contribution >= 4 is 64.4 Å². The summed E-state index contributed by atoms with van der Waals surface area (Å²) in [5.74, 6) is -5.17. The molecular formula is C78H83ClN6O18. The highest BCUT2D eigenvalue weighted by molar-refractivity contribution is 6.33. The van der Waals surface area contributed by atoms with Crippen LogP contribution in [0.1, 0.15) is 122 Å². The molecule has 3 amide bonds. The van der Waals surface area contributed by atoms with E-state index in [1.165, 1.54) is 12.1 Å². The van der Waals surface area contributed by atoms with Crippen LogP contribution in [0.25, 0.3) is 0 Å². The first-order valence-corrected chi connectivity index (χ1v) is 33.7. The maximum absolute atomic E-state index is 12.7. The van der Waals surface area contributed by atoms with Crippen molar-refractivity contribution in [1.29, 1.82) is 0 Å². The lowest BCUT2D eigenvalue weighted by Gasteiger charge is -2.14. The molecule has 0 atom stereocenters. The summed E-state index contributed by atoms with van der Waals surface area (Å²) in [6.07, 6.45) is 29.0. The molecule has 0 unspecified atom stereocenters. The fourth-order valence-corrected chi connectivity index (χ4v) is 10.2. The number of carbonyl (C=O) groups is 6. The Morgan fingerprint density at radius 1 is 0.388 bits per heavy atom. The van der Waals surface area contributed by atoms with Crippen molar-refractivity contribution in [2.45, 2.75) is 96.7 Å². The molecule has 9 rings (SSSR count). The first kappa shape index (κ1) is 78.4. The van der Waals surface area contributed by atoms with Gasteiger partial charge in [0.2, 0.25) is 0 Å². The predicted octanol–water partition coefficient (Wildman–Crippen LogP) is 12.0. The van der Waals surface area contributed by atoms with Gasteiger partial charge in [0, 0.05) is 57.1 Å². The van der Waals surface area contributed by atoms with Crippen molar-refractivity contribution < 1.29 is 88.1 Å². The second kappa shape index (κ2) is 43.6. The number of rotatable bonds is 15. The largest absolute Gasteiger partial charge is 0.508 e. The number of phenolic OH excluding ortho intramolecular Hbond substituents is 6. The highest BCUT2D eigenvalue weighted by Crippen LogP contribution is 2.38. The second-order valence-electron chi connectivity index (χ2n) is 23.1. The summed E-state index contributed by atoms with van der Waals surface area (Å²) in [6.45, 7) is 0.699. The number of oxime groups is 3. The molecule has 3 aliphatic rings. The van der Waals surface area contributed by atoms with Crippen LogP contribution < -0.4 is 16.0 Å². The zero-order chi connectivity index (χ0) is 73.4. The van der Waals surface area contributed by atoms with Gasteiger partial charge in [-0.3, -0.25) is 14.4 Å². The molecule has 103 heavy (non-hydrogen) atoms. The number of benzene rings is 6. The highest BCUT2D eigenvalue weighted by atomic mass is 35.5. The Hall–Kier alpha value is -11.9. The Bertz CT molecular complexity index is 3940. The van der Waals surface area contributed by atoms with Crippen molar-refractivity contribution in [3.8, 4) is 34.5 Å². The van der Waals surface area contributed by atoms with Crippen LogP contribution in [-0.4, -0.2) is 123 Å². The minimum absolute atomic E-state index is 0.0412. The van der Waals surface area contributed by atoms with Crippen LogP contribution in [0.15, 0.2) is 210 Å². The van der Waals surface area contributed by atoms with E-state index in [1.807, 2.05) is 146 Å². The first-order chi connectivity index (χ1) is 50.0. The number of nitrogens with zero attached hydrogens (tertiary/aromatic N) is 3. The van der Waals surface area contributed by atoms with Gasteiger partial charge in [0.1, 0.15) is 51.2 Å². The SMILES string of the molecule is O=C(CO/N=C1/C=C/CC/C=C/CCOC(=O)c2c(O)cc(O)cc2C1)NCc1ccccc1.O=C(CO/N=C1\C=C\CC/C=C/CCOC(=O)c2c(O)cc(O)c(Cl)c2C1)NCc1ccccc1.O=C(CO/N=C1\C=C\CC/C=C/CCOC(=O)c2c(O)cc(O)cc2C1)NCc1ccccc1. The van der Waals surface area contributed by atoms with E-state index in [0.29, 0.717) is 67.2 Å². The molecule has 0 saturated carbocycles. The summed E-state index contributed by atoms with van der Waals surface area (Å²) >= 11 is 6.28. The molecule has 25 heteroatoms. The molecule has 540 valence electrons. The van der Waals surface area contributed by atoms with Crippen LogP contribution in [0.4, 0.5) is 0 Å². The number of phenols is 6. The van der Waals surface area contributed by atoms with Gasteiger partial charge in [0.25, 0.3) is 17.7 Å². The lowest BCUT2D eigenvalue weighted by Crippen LogP contribution is -2.26. The van der Waals surface area contributed by atoms with Gasteiger partial charge >= 0.3 is 17.9 Å². The number of ether oxygens (including phenoxy) is 3. The molecule has 6 aromatic carbocycles. The third-order valence-electron chi connectivity index (χ3n) is 15.0.